The normalized spacial score (nSPS) is 10.3. The predicted octanol–water partition coefficient (Wildman–Crippen LogP) is 5.69. The van der Waals surface area contributed by atoms with Crippen molar-refractivity contribution in [2.45, 2.75) is 6.92 Å². The SMILES string of the molecule is Cc1oc(-c2cc(Cl)ccc2Cl)cc1C(=O)Nc1ccccc1C#N. The van der Waals surface area contributed by atoms with Gasteiger partial charge in [-0.05, 0) is 43.3 Å². The maximum atomic E-state index is 12.6. The number of amides is 1. The zero-order valence-electron chi connectivity index (χ0n) is 13.1. The number of nitriles is 1. The molecule has 0 unspecified atom stereocenters. The summed E-state index contributed by atoms with van der Waals surface area (Å²) in [5.41, 5.74) is 1.79. The maximum absolute atomic E-state index is 12.6. The summed E-state index contributed by atoms with van der Waals surface area (Å²) in [4.78, 5) is 12.6. The van der Waals surface area contributed by atoms with Crippen molar-refractivity contribution < 1.29 is 9.21 Å². The molecule has 1 N–H and O–H groups in total. The van der Waals surface area contributed by atoms with Gasteiger partial charge in [-0.15, -0.1) is 0 Å². The highest BCUT2D eigenvalue weighted by molar-refractivity contribution is 6.35. The summed E-state index contributed by atoms with van der Waals surface area (Å²) in [6.45, 7) is 1.69. The molecule has 0 radical (unpaired) electrons. The Morgan fingerprint density at radius 1 is 1.16 bits per heavy atom. The van der Waals surface area contributed by atoms with Crippen molar-refractivity contribution in [2.24, 2.45) is 0 Å². The Bertz CT molecular complexity index is 1000. The smallest absolute Gasteiger partial charge is 0.259 e. The highest BCUT2D eigenvalue weighted by atomic mass is 35.5. The number of halogens is 2. The van der Waals surface area contributed by atoms with Crippen LogP contribution in [0.15, 0.2) is 52.9 Å². The van der Waals surface area contributed by atoms with E-state index in [0.717, 1.165) is 0 Å². The van der Waals surface area contributed by atoms with Gasteiger partial charge < -0.3 is 9.73 Å². The van der Waals surface area contributed by atoms with E-state index in [0.29, 0.717) is 43.9 Å². The second kappa shape index (κ2) is 7.02. The van der Waals surface area contributed by atoms with Crippen molar-refractivity contribution in [3.05, 3.63) is 75.5 Å². The fraction of sp³-hybridized carbons (Fsp3) is 0.0526. The third-order valence-corrected chi connectivity index (χ3v) is 4.22. The molecule has 3 rings (SSSR count). The molecule has 0 aliphatic heterocycles. The average Bonchev–Trinajstić information content (AvgIpc) is 2.99. The standard InChI is InChI=1S/C19H12Cl2N2O2/c1-11-14(19(24)23-17-5-3-2-4-12(17)10-22)9-18(25-11)15-8-13(20)6-7-16(15)21/h2-9H,1H3,(H,23,24). The first-order valence-corrected chi connectivity index (χ1v) is 8.11. The molecule has 2 aromatic carbocycles. The predicted molar refractivity (Wildman–Crippen MR) is 98.0 cm³/mol. The Hall–Kier alpha value is -2.74. The summed E-state index contributed by atoms with van der Waals surface area (Å²) in [5.74, 6) is 0.523. The zero-order chi connectivity index (χ0) is 18.0. The highest BCUT2D eigenvalue weighted by Crippen LogP contribution is 2.33. The van der Waals surface area contributed by atoms with Crippen LogP contribution in [0, 0.1) is 18.3 Å². The number of nitrogens with zero attached hydrogens (tertiary/aromatic N) is 1. The molecule has 0 fully saturated rings. The zero-order valence-corrected chi connectivity index (χ0v) is 14.7. The van der Waals surface area contributed by atoms with E-state index >= 15 is 0 Å². The Morgan fingerprint density at radius 2 is 1.92 bits per heavy atom. The van der Waals surface area contributed by atoms with Gasteiger partial charge in [0.05, 0.1) is 21.8 Å². The highest BCUT2D eigenvalue weighted by Gasteiger charge is 2.18. The monoisotopic (exact) mass is 370 g/mol. The minimum atomic E-state index is -0.367. The van der Waals surface area contributed by atoms with Gasteiger partial charge in [-0.25, -0.2) is 0 Å². The number of rotatable bonds is 3. The molecule has 1 aromatic heterocycles. The number of hydrogen-bond donors (Lipinski definition) is 1. The molecule has 0 aliphatic rings. The van der Waals surface area contributed by atoms with Crippen molar-refractivity contribution >= 4 is 34.8 Å². The molecule has 4 nitrogen and oxygen atoms in total. The van der Waals surface area contributed by atoms with E-state index in [1.54, 1.807) is 55.5 Å². The van der Waals surface area contributed by atoms with Crippen LogP contribution in [0.3, 0.4) is 0 Å². The molecular weight excluding hydrogens is 359 g/mol. The molecule has 0 saturated carbocycles. The molecule has 3 aromatic rings. The van der Waals surface area contributed by atoms with Crippen LogP contribution in [0.5, 0.6) is 0 Å². The maximum Gasteiger partial charge on any atom is 0.259 e. The summed E-state index contributed by atoms with van der Waals surface area (Å²) < 4.78 is 5.68. The van der Waals surface area contributed by atoms with E-state index in [9.17, 15) is 4.79 Å². The van der Waals surface area contributed by atoms with Crippen molar-refractivity contribution in [1.29, 1.82) is 5.26 Å². The van der Waals surface area contributed by atoms with Crippen LogP contribution < -0.4 is 5.32 Å². The van der Waals surface area contributed by atoms with Gasteiger partial charge in [0.2, 0.25) is 0 Å². The molecule has 1 heterocycles. The summed E-state index contributed by atoms with van der Waals surface area (Å²) >= 11 is 12.2. The fourth-order valence-corrected chi connectivity index (χ4v) is 2.79. The van der Waals surface area contributed by atoms with Gasteiger partial charge in [0.1, 0.15) is 17.6 Å². The molecule has 0 spiro atoms. The van der Waals surface area contributed by atoms with Crippen LogP contribution in [0.1, 0.15) is 21.7 Å². The lowest BCUT2D eigenvalue weighted by molar-refractivity contribution is 0.102. The van der Waals surface area contributed by atoms with Crippen molar-refractivity contribution in [3.8, 4) is 17.4 Å². The summed E-state index contributed by atoms with van der Waals surface area (Å²) in [6, 6.07) is 15.4. The topological polar surface area (TPSA) is 66.0 Å². The van der Waals surface area contributed by atoms with E-state index in [4.69, 9.17) is 32.9 Å². The molecule has 0 aliphatic carbocycles. The average molecular weight is 371 g/mol. The number of nitrogens with one attached hydrogen (secondary N) is 1. The van der Waals surface area contributed by atoms with Crippen LogP contribution in [0.4, 0.5) is 5.69 Å². The van der Waals surface area contributed by atoms with E-state index in [-0.39, 0.29) is 5.91 Å². The molecule has 124 valence electrons. The molecule has 25 heavy (non-hydrogen) atoms. The number of hydrogen-bond acceptors (Lipinski definition) is 3. The van der Waals surface area contributed by atoms with E-state index < -0.39 is 0 Å². The molecule has 0 saturated heterocycles. The lowest BCUT2D eigenvalue weighted by Gasteiger charge is -2.05. The molecule has 1 amide bonds. The van der Waals surface area contributed by atoms with E-state index in [2.05, 4.69) is 5.32 Å². The summed E-state index contributed by atoms with van der Waals surface area (Å²) in [5, 5.41) is 12.8. The van der Waals surface area contributed by atoms with Crippen molar-refractivity contribution in [2.75, 3.05) is 5.32 Å². The lowest BCUT2D eigenvalue weighted by Crippen LogP contribution is -2.13. The third-order valence-electron chi connectivity index (χ3n) is 3.65. The van der Waals surface area contributed by atoms with Crippen molar-refractivity contribution in [1.82, 2.24) is 0 Å². The second-order valence-electron chi connectivity index (χ2n) is 5.32. The largest absolute Gasteiger partial charge is 0.460 e. The second-order valence-corrected chi connectivity index (χ2v) is 6.16. The Kier molecular flexibility index (Phi) is 4.80. The van der Waals surface area contributed by atoms with Crippen LogP contribution in [0.25, 0.3) is 11.3 Å². The van der Waals surface area contributed by atoms with Gasteiger partial charge in [0.15, 0.2) is 0 Å². The summed E-state index contributed by atoms with van der Waals surface area (Å²) in [7, 11) is 0. The first-order chi connectivity index (χ1) is 12.0. The number of aryl methyl sites for hydroxylation is 1. The van der Waals surface area contributed by atoms with Crippen LogP contribution in [-0.4, -0.2) is 5.91 Å². The Labute approximate surface area is 154 Å². The first kappa shape index (κ1) is 17.1. The van der Waals surface area contributed by atoms with Crippen molar-refractivity contribution in [3.63, 3.8) is 0 Å². The number of furan rings is 1. The van der Waals surface area contributed by atoms with Gasteiger partial charge in [0, 0.05) is 10.6 Å². The van der Waals surface area contributed by atoms with Gasteiger partial charge in [-0.3, -0.25) is 4.79 Å². The molecule has 6 heteroatoms. The number of benzene rings is 2. The van der Waals surface area contributed by atoms with Crippen LogP contribution in [-0.2, 0) is 0 Å². The third kappa shape index (κ3) is 3.53. The summed E-state index contributed by atoms with van der Waals surface area (Å²) in [6.07, 6.45) is 0. The van der Waals surface area contributed by atoms with Gasteiger partial charge >= 0.3 is 0 Å². The van der Waals surface area contributed by atoms with Gasteiger partial charge in [0.25, 0.3) is 5.91 Å². The number of carbonyl (C=O) groups excluding carboxylic acids is 1. The minimum Gasteiger partial charge on any atom is -0.460 e. The Balaban J connectivity index is 1.94. The Morgan fingerprint density at radius 3 is 2.68 bits per heavy atom. The van der Waals surface area contributed by atoms with Gasteiger partial charge in [-0.1, -0.05) is 35.3 Å². The quantitative estimate of drug-likeness (QED) is 0.644. The number of carbonyl (C=O) groups is 1. The fourth-order valence-electron chi connectivity index (χ4n) is 2.41. The number of para-hydroxylation sites is 1. The van der Waals surface area contributed by atoms with E-state index in [1.165, 1.54) is 0 Å². The minimum absolute atomic E-state index is 0.360. The van der Waals surface area contributed by atoms with Gasteiger partial charge in [-0.2, -0.15) is 5.26 Å². The molecular formula is C19H12Cl2N2O2. The molecule has 0 bridgehead atoms. The lowest BCUT2D eigenvalue weighted by atomic mass is 10.1. The number of anilines is 1. The van der Waals surface area contributed by atoms with Crippen LogP contribution >= 0.6 is 23.2 Å². The van der Waals surface area contributed by atoms with Crippen LogP contribution in [0.2, 0.25) is 10.0 Å². The molecule has 0 atom stereocenters. The van der Waals surface area contributed by atoms with E-state index in [1.807, 2.05) is 6.07 Å². The first-order valence-electron chi connectivity index (χ1n) is 7.36.